The van der Waals surface area contributed by atoms with Crippen LogP contribution in [0.5, 0.6) is 5.88 Å². The number of carbonyl (C=O) groups is 1. The Labute approximate surface area is 166 Å². The second-order valence-electron chi connectivity index (χ2n) is 5.65. The Morgan fingerprint density at radius 2 is 2.11 bits per heavy atom. The molecule has 0 aliphatic heterocycles. The molecule has 0 fully saturated rings. The summed E-state index contributed by atoms with van der Waals surface area (Å²) < 4.78 is 45.4. The molecular formula is C17H14ClF3N4O2S. The molecule has 0 saturated heterocycles. The zero-order chi connectivity index (χ0) is 20.3. The summed E-state index contributed by atoms with van der Waals surface area (Å²) in [5.41, 5.74) is -0.259. The van der Waals surface area contributed by atoms with Gasteiger partial charge < -0.3 is 10.1 Å². The summed E-state index contributed by atoms with van der Waals surface area (Å²) in [4.78, 5) is 16.2. The zero-order valence-corrected chi connectivity index (χ0v) is 16.0. The molecule has 0 bridgehead atoms. The fourth-order valence-electron chi connectivity index (χ4n) is 2.27. The van der Waals surface area contributed by atoms with Gasteiger partial charge in [0, 0.05) is 11.4 Å². The number of hydrogen-bond acceptors (Lipinski definition) is 5. The van der Waals surface area contributed by atoms with Crippen LogP contribution in [0.1, 0.15) is 16.4 Å². The van der Waals surface area contributed by atoms with Gasteiger partial charge in [-0.05, 0) is 19.1 Å². The summed E-state index contributed by atoms with van der Waals surface area (Å²) in [7, 11) is 0. The molecule has 28 heavy (non-hydrogen) atoms. The number of aryl methyl sites for hydroxylation is 1. The van der Waals surface area contributed by atoms with Gasteiger partial charge in [0.15, 0.2) is 12.3 Å². The molecule has 1 aromatic carbocycles. The molecule has 0 radical (unpaired) electrons. The van der Waals surface area contributed by atoms with E-state index in [1.54, 1.807) is 17.5 Å². The highest BCUT2D eigenvalue weighted by molar-refractivity contribution is 7.09. The van der Waals surface area contributed by atoms with Crippen molar-refractivity contribution in [3.8, 4) is 11.6 Å². The summed E-state index contributed by atoms with van der Waals surface area (Å²) in [5.74, 6) is -0.758. The molecule has 3 aromatic rings. The van der Waals surface area contributed by atoms with Crippen molar-refractivity contribution in [3.05, 3.63) is 57.1 Å². The minimum Gasteiger partial charge on any atom is -0.467 e. The number of ether oxygens (including phenoxy) is 1. The van der Waals surface area contributed by atoms with Gasteiger partial charge in [-0.3, -0.25) is 4.79 Å². The number of halogens is 4. The van der Waals surface area contributed by atoms with Crippen LogP contribution >= 0.6 is 22.9 Å². The number of rotatable bonds is 6. The van der Waals surface area contributed by atoms with E-state index in [1.165, 1.54) is 23.5 Å². The van der Waals surface area contributed by atoms with Crippen LogP contribution < -0.4 is 10.1 Å². The van der Waals surface area contributed by atoms with Crippen molar-refractivity contribution in [2.45, 2.75) is 19.6 Å². The van der Waals surface area contributed by atoms with Crippen molar-refractivity contribution in [3.63, 3.8) is 0 Å². The third-order valence-corrected chi connectivity index (χ3v) is 4.67. The summed E-state index contributed by atoms with van der Waals surface area (Å²) in [6, 6.07) is 6.96. The largest absolute Gasteiger partial charge is 0.467 e. The zero-order valence-electron chi connectivity index (χ0n) is 14.5. The SMILES string of the molecule is Cc1nc(CNC(=O)COc2cc(C(F)(F)F)nn2-c2ccccc2Cl)cs1. The predicted molar refractivity (Wildman–Crippen MR) is 97.8 cm³/mol. The quantitative estimate of drug-likeness (QED) is 0.641. The average molecular weight is 431 g/mol. The Morgan fingerprint density at radius 3 is 2.75 bits per heavy atom. The van der Waals surface area contributed by atoms with Gasteiger partial charge in [0.05, 0.1) is 28.0 Å². The van der Waals surface area contributed by atoms with Crippen LogP contribution in [-0.4, -0.2) is 27.3 Å². The summed E-state index contributed by atoms with van der Waals surface area (Å²) >= 11 is 7.50. The maximum atomic E-state index is 13.1. The number of amides is 1. The third kappa shape index (κ3) is 4.82. The first-order valence-electron chi connectivity index (χ1n) is 7.96. The number of aromatic nitrogens is 3. The van der Waals surface area contributed by atoms with E-state index in [0.29, 0.717) is 5.69 Å². The highest BCUT2D eigenvalue weighted by Crippen LogP contribution is 2.33. The van der Waals surface area contributed by atoms with Crippen LogP contribution in [-0.2, 0) is 17.5 Å². The molecule has 2 aromatic heterocycles. The lowest BCUT2D eigenvalue weighted by Gasteiger charge is -2.10. The molecule has 0 aliphatic carbocycles. The third-order valence-electron chi connectivity index (χ3n) is 3.53. The Morgan fingerprint density at radius 1 is 1.36 bits per heavy atom. The predicted octanol–water partition coefficient (Wildman–Crippen LogP) is 4.00. The Kier molecular flexibility index (Phi) is 5.90. The van der Waals surface area contributed by atoms with Crippen molar-refractivity contribution in [2.75, 3.05) is 6.61 Å². The van der Waals surface area contributed by atoms with Gasteiger partial charge in [-0.2, -0.15) is 23.0 Å². The van der Waals surface area contributed by atoms with Crippen LogP contribution in [0.3, 0.4) is 0 Å². The van der Waals surface area contributed by atoms with Gasteiger partial charge in [-0.1, -0.05) is 23.7 Å². The van der Waals surface area contributed by atoms with Crippen molar-refractivity contribution >= 4 is 28.8 Å². The van der Waals surface area contributed by atoms with Crippen molar-refractivity contribution < 1.29 is 22.7 Å². The second-order valence-corrected chi connectivity index (χ2v) is 7.12. The lowest BCUT2D eigenvalue weighted by molar-refractivity contribution is -0.141. The number of para-hydroxylation sites is 1. The standard InChI is InChI=1S/C17H14ClF3N4O2S/c1-10-23-11(9-28-10)7-22-15(26)8-27-16-6-14(17(19,20)21)24-25(16)13-5-3-2-4-12(13)18/h2-6,9H,7-8H2,1H3,(H,22,26). The smallest absolute Gasteiger partial charge is 0.435 e. The van der Waals surface area contributed by atoms with E-state index in [-0.39, 0.29) is 23.1 Å². The van der Waals surface area contributed by atoms with Crippen LogP contribution in [0, 0.1) is 6.92 Å². The molecule has 0 aliphatic rings. The van der Waals surface area contributed by atoms with Gasteiger partial charge >= 0.3 is 6.18 Å². The minimum absolute atomic E-state index is 0.188. The molecule has 0 unspecified atom stereocenters. The number of carbonyl (C=O) groups excluding carboxylic acids is 1. The highest BCUT2D eigenvalue weighted by atomic mass is 35.5. The molecule has 11 heteroatoms. The number of benzene rings is 1. The van der Waals surface area contributed by atoms with Crippen LogP contribution in [0.15, 0.2) is 35.7 Å². The molecule has 148 valence electrons. The van der Waals surface area contributed by atoms with E-state index in [1.807, 2.05) is 6.92 Å². The topological polar surface area (TPSA) is 69.0 Å². The van der Waals surface area contributed by atoms with Crippen LogP contribution in [0.25, 0.3) is 5.69 Å². The van der Waals surface area contributed by atoms with E-state index in [0.717, 1.165) is 15.8 Å². The second kappa shape index (κ2) is 8.19. The van der Waals surface area contributed by atoms with E-state index >= 15 is 0 Å². The first-order valence-corrected chi connectivity index (χ1v) is 9.22. The van der Waals surface area contributed by atoms with E-state index in [9.17, 15) is 18.0 Å². The molecule has 0 spiro atoms. The van der Waals surface area contributed by atoms with Gasteiger partial charge in [-0.15, -0.1) is 11.3 Å². The lowest BCUT2D eigenvalue weighted by atomic mass is 10.3. The van der Waals surface area contributed by atoms with E-state index in [2.05, 4.69) is 15.4 Å². The molecule has 1 amide bonds. The van der Waals surface area contributed by atoms with Crippen LogP contribution in [0.2, 0.25) is 5.02 Å². The van der Waals surface area contributed by atoms with Crippen molar-refractivity contribution in [1.29, 1.82) is 0 Å². The number of alkyl halides is 3. The fourth-order valence-corrected chi connectivity index (χ4v) is 3.10. The molecule has 0 atom stereocenters. The average Bonchev–Trinajstić information content (AvgIpc) is 3.24. The highest BCUT2D eigenvalue weighted by Gasteiger charge is 2.36. The van der Waals surface area contributed by atoms with Gasteiger partial charge in [0.2, 0.25) is 5.88 Å². The summed E-state index contributed by atoms with van der Waals surface area (Å²) in [6.45, 7) is 1.55. The van der Waals surface area contributed by atoms with Gasteiger partial charge in [-0.25, -0.2) is 4.98 Å². The van der Waals surface area contributed by atoms with Gasteiger partial charge in [0.25, 0.3) is 5.91 Å². The number of thiazole rings is 1. The van der Waals surface area contributed by atoms with Gasteiger partial charge in [0.1, 0.15) is 0 Å². The fraction of sp³-hybridized carbons (Fsp3) is 0.235. The lowest BCUT2D eigenvalue weighted by Crippen LogP contribution is -2.28. The maximum absolute atomic E-state index is 13.1. The minimum atomic E-state index is -4.67. The Bertz CT molecular complexity index is 987. The number of hydrogen-bond donors (Lipinski definition) is 1. The molecule has 3 rings (SSSR count). The number of nitrogens with one attached hydrogen (secondary N) is 1. The monoisotopic (exact) mass is 430 g/mol. The Hall–Kier alpha value is -2.59. The van der Waals surface area contributed by atoms with Crippen LogP contribution in [0.4, 0.5) is 13.2 Å². The van der Waals surface area contributed by atoms with Crippen molar-refractivity contribution in [2.24, 2.45) is 0 Å². The first kappa shape index (κ1) is 20.2. The summed E-state index contributed by atoms with van der Waals surface area (Å²) in [6.07, 6.45) is -4.67. The summed E-state index contributed by atoms with van der Waals surface area (Å²) in [5, 5.41) is 8.98. The molecule has 2 heterocycles. The van der Waals surface area contributed by atoms with E-state index < -0.39 is 24.4 Å². The number of nitrogens with zero attached hydrogens (tertiary/aromatic N) is 3. The van der Waals surface area contributed by atoms with E-state index in [4.69, 9.17) is 16.3 Å². The maximum Gasteiger partial charge on any atom is 0.435 e. The van der Waals surface area contributed by atoms with Crippen molar-refractivity contribution in [1.82, 2.24) is 20.1 Å². The normalized spacial score (nSPS) is 11.5. The first-order chi connectivity index (χ1) is 13.2. The Balaban J connectivity index is 1.74. The molecule has 1 N–H and O–H groups in total. The molecular weight excluding hydrogens is 417 g/mol. The molecule has 0 saturated carbocycles. The molecule has 6 nitrogen and oxygen atoms in total.